The highest BCUT2D eigenvalue weighted by atomic mass is 35.5. The molecule has 0 saturated heterocycles. The van der Waals surface area contributed by atoms with Crippen LogP contribution in [0.2, 0.25) is 10.0 Å². The summed E-state index contributed by atoms with van der Waals surface area (Å²) >= 11 is 17.6. The van der Waals surface area contributed by atoms with E-state index in [0.29, 0.717) is 40.9 Å². The number of rotatable bonds is 7. The number of azo groups is 1. The molecular weight excluding hydrogens is 487 g/mol. The summed E-state index contributed by atoms with van der Waals surface area (Å²) in [7, 11) is 1.72. The molecule has 0 atom stereocenters. The quantitative estimate of drug-likeness (QED) is 0.344. The minimum absolute atomic E-state index is 0.0534. The van der Waals surface area contributed by atoms with E-state index < -0.39 is 17.0 Å². The lowest BCUT2D eigenvalue weighted by Crippen LogP contribution is -2.24. The second-order valence-electron chi connectivity index (χ2n) is 7.23. The van der Waals surface area contributed by atoms with Gasteiger partial charge in [0.25, 0.3) is 11.1 Å². The lowest BCUT2D eigenvalue weighted by molar-refractivity contribution is 0.402. The molecule has 9 nitrogen and oxygen atoms in total. The fraction of sp³-hybridized carbons (Fsp3) is 0.381. The minimum Gasteiger partial charge on any atom is -0.493 e. The van der Waals surface area contributed by atoms with Gasteiger partial charge < -0.3 is 5.11 Å². The third-order valence-electron chi connectivity index (χ3n) is 5.24. The Labute approximate surface area is 205 Å². The molecule has 1 N–H and O–H groups in total. The van der Waals surface area contributed by atoms with E-state index >= 15 is 0 Å². The van der Waals surface area contributed by atoms with Gasteiger partial charge in [-0.2, -0.15) is 0 Å². The molecular formula is C21H24Cl2N6O3S. The normalized spacial score (nSPS) is 11.6. The van der Waals surface area contributed by atoms with Crippen LogP contribution in [0.4, 0.5) is 11.4 Å². The van der Waals surface area contributed by atoms with Crippen molar-refractivity contribution in [1.29, 1.82) is 0 Å². The van der Waals surface area contributed by atoms with Gasteiger partial charge in [0.2, 0.25) is 11.6 Å². The SMILES string of the molecule is CCCc1c(N=Nc2c(O)n(CC)c(=S)n(CC)c2=O)c(=O)n(-c2ccc(Cl)cc2Cl)n1C. The van der Waals surface area contributed by atoms with E-state index in [2.05, 4.69) is 10.2 Å². The highest BCUT2D eigenvalue weighted by molar-refractivity contribution is 7.71. The maximum Gasteiger partial charge on any atom is 0.299 e. The Morgan fingerprint density at radius 3 is 2.21 bits per heavy atom. The standard InChI is InChI=1S/C21H24Cl2N6O3S/c1-5-8-15-16(20(32)29(26(15)4)14-10-9-12(22)11-13(14)23)24-25-17-18(30)27(6-2)21(33)28(7-3)19(17)31/h9-11,30H,5-8H2,1-4H3. The molecule has 3 rings (SSSR count). The minimum atomic E-state index is -0.581. The average molecular weight is 511 g/mol. The van der Waals surface area contributed by atoms with Crippen LogP contribution < -0.4 is 11.1 Å². The summed E-state index contributed by atoms with van der Waals surface area (Å²) in [6, 6.07) is 4.82. The van der Waals surface area contributed by atoms with Crippen LogP contribution in [-0.4, -0.2) is 23.6 Å². The number of hydrogen-bond donors (Lipinski definition) is 1. The first kappa shape index (κ1) is 24.9. The third kappa shape index (κ3) is 4.42. The van der Waals surface area contributed by atoms with Gasteiger partial charge >= 0.3 is 0 Å². The maximum absolute atomic E-state index is 13.3. The van der Waals surface area contributed by atoms with Crippen LogP contribution >= 0.6 is 35.4 Å². The van der Waals surface area contributed by atoms with Crippen molar-refractivity contribution in [3.8, 4) is 11.6 Å². The molecule has 0 aliphatic heterocycles. The summed E-state index contributed by atoms with van der Waals surface area (Å²) in [4.78, 5) is 26.2. The number of hydrogen-bond acceptors (Lipinski definition) is 6. The molecule has 0 fully saturated rings. The number of benzene rings is 1. The van der Waals surface area contributed by atoms with Gasteiger partial charge in [0.15, 0.2) is 10.5 Å². The molecule has 0 spiro atoms. The number of aromatic nitrogens is 4. The molecule has 33 heavy (non-hydrogen) atoms. The van der Waals surface area contributed by atoms with Crippen LogP contribution in [0.5, 0.6) is 5.88 Å². The molecule has 3 aromatic rings. The van der Waals surface area contributed by atoms with E-state index in [1.807, 2.05) is 6.92 Å². The van der Waals surface area contributed by atoms with Crippen LogP contribution in [-0.2, 0) is 26.6 Å². The second-order valence-corrected chi connectivity index (χ2v) is 8.44. The highest BCUT2D eigenvalue weighted by Gasteiger charge is 2.21. The molecule has 2 aromatic heterocycles. The van der Waals surface area contributed by atoms with Crippen molar-refractivity contribution in [3.05, 3.63) is 59.4 Å². The van der Waals surface area contributed by atoms with Crippen LogP contribution in [0.1, 0.15) is 32.9 Å². The first-order valence-corrected chi connectivity index (χ1v) is 11.6. The Morgan fingerprint density at radius 1 is 1.00 bits per heavy atom. The number of nitrogens with zero attached hydrogens (tertiary/aromatic N) is 6. The van der Waals surface area contributed by atoms with Gasteiger partial charge in [-0.3, -0.25) is 23.4 Å². The average Bonchev–Trinajstić information content (AvgIpc) is 2.99. The number of halogens is 2. The molecule has 0 amide bonds. The fourth-order valence-electron chi connectivity index (χ4n) is 3.60. The van der Waals surface area contributed by atoms with E-state index in [9.17, 15) is 14.7 Å². The first-order valence-electron chi connectivity index (χ1n) is 10.4. The Balaban J connectivity index is 2.26. The smallest absolute Gasteiger partial charge is 0.299 e. The van der Waals surface area contributed by atoms with Crippen molar-refractivity contribution in [2.75, 3.05) is 0 Å². The third-order valence-corrected chi connectivity index (χ3v) is 6.22. The topological polar surface area (TPSA) is 98.8 Å². The molecule has 12 heteroatoms. The maximum atomic E-state index is 13.3. The summed E-state index contributed by atoms with van der Waals surface area (Å²) in [5.41, 5.74) is -0.236. The molecule has 0 radical (unpaired) electrons. The van der Waals surface area contributed by atoms with Crippen molar-refractivity contribution < 1.29 is 5.11 Å². The van der Waals surface area contributed by atoms with Crippen molar-refractivity contribution in [1.82, 2.24) is 18.5 Å². The predicted octanol–water partition coefficient (Wildman–Crippen LogP) is 5.29. The van der Waals surface area contributed by atoms with Gasteiger partial charge in [0, 0.05) is 25.2 Å². The summed E-state index contributed by atoms with van der Waals surface area (Å²) in [5, 5.41) is 19.5. The summed E-state index contributed by atoms with van der Waals surface area (Å²) in [5.74, 6) is -0.394. The molecule has 176 valence electrons. The zero-order valence-electron chi connectivity index (χ0n) is 18.7. The number of aromatic hydroxyl groups is 1. The van der Waals surface area contributed by atoms with Crippen molar-refractivity contribution in [2.45, 2.75) is 46.7 Å². The van der Waals surface area contributed by atoms with Gasteiger partial charge in [0.1, 0.15) is 0 Å². The van der Waals surface area contributed by atoms with Crippen LogP contribution in [0, 0.1) is 4.77 Å². The summed E-state index contributed by atoms with van der Waals surface area (Å²) in [6.07, 6.45) is 1.27. The van der Waals surface area contributed by atoms with Crippen molar-refractivity contribution in [3.63, 3.8) is 0 Å². The Bertz CT molecular complexity index is 1420. The van der Waals surface area contributed by atoms with Gasteiger partial charge in [-0.05, 0) is 50.7 Å². The van der Waals surface area contributed by atoms with Crippen LogP contribution in [0.25, 0.3) is 5.69 Å². The Hall–Kier alpha value is -2.69. The van der Waals surface area contributed by atoms with Crippen LogP contribution in [0.15, 0.2) is 38.0 Å². The largest absolute Gasteiger partial charge is 0.493 e. The van der Waals surface area contributed by atoms with Gasteiger partial charge in [0.05, 0.1) is 16.4 Å². The molecule has 0 aliphatic rings. The van der Waals surface area contributed by atoms with E-state index in [4.69, 9.17) is 35.4 Å². The summed E-state index contributed by atoms with van der Waals surface area (Å²) < 4.78 is 5.92. The van der Waals surface area contributed by atoms with E-state index in [0.717, 1.165) is 6.42 Å². The van der Waals surface area contributed by atoms with Crippen LogP contribution in [0.3, 0.4) is 0 Å². The van der Waals surface area contributed by atoms with Crippen molar-refractivity contribution >= 4 is 46.8 Å². The molecule has 0 bridgehead atoms. The molecule has 0 unspecified atom stereocenters. The lowest BCUT2D eigenvalue weighted by Gasteiger charge is -2.12. The van der Waals surface area contributed by atoms with E-state index in [1.165, 1.54) is 13.8 Å². The zero-order valence-corrected chi connectivity index (χ0v) is 21.0. The van der Waals surface area contributed by atoms with E-state index in [1.54, 1.807) is 43.8 Å². The monoisotopic (exact) mass is 510 g/mol. The summed E-state index contributed by atoms with van der Waals surface area (Å²) in [6.45, 7) is 6.15. The zero-order chi connectivity index (χ0) is 24.4. The Morgan fingerprint density at radius 2 is 1.64 bits per heavy atom. The van der Waals surface area contributed by atoms with Crippen molar-refractivity contribution in [2.24, 2.45) is 17.3 Å². The van der Waals surface area contributed by atoms with Gasteiger partial charge in [-0.1, -0.05) is 36.5 Å². The molecule has 2 heterocycles. The molecule has 0 aliphatic carbocycles. The fourth-order valence-corrected chi connectivity index (χ4v) is 4.52. The Kier molecular flexibility index (Phi) is 7.61. The van der Waals surface area contributed by atoms with Gasteiger partial charge in [-0.25, -0.2) is 4.68 Å². The first-order chi connectivity index (χ1) is 15.7. The highest BCUT2D eigenvalue weighted by Crippen LogP contribution is 2.28. The molecule has 1 aromatic carbocycles. The van der Waals surface area contributed by atoms with E-state index in [-0.39, 0.29) is 16.1 Å². The molecule has 0 saturated carbocycles. The van der Waals surface area contributed by atoms with Gasteiger partial charge in [-0.15, -0.1) is 10.2 Å². The predicted molar refractivity (Wildman–Crippen MR) is 132 cm³/mol. The lowest BCUT2D eigenvalue weighted by atomic mass is 10.2. The second kappa shape index (κ2) is 10.1.